The van der Waals surface area contributed by atoms with Gasteiger partial charge in [-0.05, 0) is 75.2 Å². The van der Waals surface area contributed by atoms with Gasteiger partial charge in [0.1, 0.15) is 0 Å². The van der Waals surface area contributed by atoms with Gasteiger partial charge in [0.15, 0.2) is 0 Å². The maximum atomic E-state index is 16.9. The van der Waals surface area contributed by atoms with Crippen LogP contribution in [-0.2, 0) is 25.3 Å². The molecule has 3 heterocycles. The fourth-order valence-corrected chi connectivity index (χ4v) is 11.2. The van der Waals surface area contributed by atoms with E-state index in [-0.39, 0.29) is 23.2 Å². The van der Waals surface area contributed by atoms with Crippen LogP contribution in [0.3, 0.4) is 0 Å². The Bertz CT molecular complexity index is 1660. The van der Waals surface area contributed by atoms with Gasteiger partial charge in [-0.25, -0.2) is 0 Å². The first-order chi connectivity index (χ1) is 25.6. The molecule has 3 unspecified atom stereocenters. The molecule has 2 saturated heterocycles. The summed E-state index contributed by atoms with van der Waals surface area (Å²) in [5, 5.41) is 0.550. The summed E-state index contributed by atoms with van der Waals surface area (Å²) in [6.07, 6.45) is 16.9. The van der Waals surface area contributed by atoms with E-state index in [4.69, 9.17) is 31.1 Å². The molecule has 0 amide bonds. The predicted molar refractivity (Wildman–Crippen MR) is 214 cm³/mol. The minimum atomic E-state index is -0.546. The summed E-state index contributed by atoms with van der Waals surface area (Å²) in [5.74, 6) is 0.673. The monoisotopic (exact) mass is 826 g/mol. The van der Waals surface area contributed by atoms with Crippen molar-refractivity contribution in [3.63, 3.8) is 0 Å². The molecule has 2 saturated carbocycles. The van der Waals surface area contributed by atoms with Crippen LogP contribution in [-0.4, -0.2) is 90.1 Å². The average molecular weight is 827 g/mol. The van der Waals surface area contributed by atoms with Crippen LogP contribution in [0.4, 0.5) is 10.1 Å². The molecule has 0 N–H and O–H groups in total. The maximum absolute atomic E-state index is 16.9. The first-order valence-electron chi connectivity index (χ1n) is 20.2. The Kier molecular flexibility index (Phi) is 13.7. The molecule has 6 rings (SSSR count). The van der Waals surface area contributed by atoms with Gasteiger partial charge < -0.3 is 0 Å². The molecule has 7 nitrogen and oxygen atoms in total. The summed E-state index contributed by atoms with van der Waals surface area (Å²) in [6, 6.07) is 5.16. The number of fused-ring (bicyclic) bond motifs is 1. The third-order valence-electron chi connectivity index (χ3n) is 13.1. The fraction of sp³-hybridized carbons (Fsp3) is 0.674. The van der Waals surface area contributed by atoms with Gasteiger partial charge in [0, 0.05) is 12.1 Å². The van der Waals surface area contributed by atoms with E-state index in [0.717, 1.165) is 30.1 Å². The van der Waals surface area contributed by atoms with Gasteiger partial charge in [-0.3, -0.25) is 4.90 Å². The Morgan fingerprint density at radius 1 is 1.17 bits per heavy atom. The summed E-state index contributed by atoms with van der Waals surface area (Å²) in [6.45, 7) is 17.3. The normalized spacial score (nSPS) is 28.4. The topological polar surface area (TPSA) is 62.6 Å². The molecule has 0 radical (unpaired) electrons. The van der Waals surface area contributed by atoms with Crippen LogP contribution in [0.1, 0.15) is 121 Å². The Hall–Kier alpha value is -1.94. The van der Waals surface area contributed by atoms with Crippen molar-refractivity contribution in [3.05, 3.63) is 39.7 Å². The summed E-state index contributed by atoms with van der Waals surface area (Å²) < 4.78 is 30.8. The van der Waals surface area contributed by atoms with Crippen molar-refractivity contribution in [2.24, 2.45) is 26.7 Å². The number of methoxy groups -OCH3 is 1. The van der Waals surface area contributed by atoms with Crippen molar-refractivity contribution in [2.75, 3.05) is 46.5 Å². The Morgan fingerprint density at radius 3 is 2.66 bits per heavy atom. The van der Waals surface area contributed by atoms with Crippen molar-refractivity contribution in [3.8, 4) is 17.1 Å². The van der Waals surface area contributed by atoms with Crippen LogP contribution < -0.4 is 4.74 Å². The third-order valence-corrected chi connectivity index (χ3v) is 14.2. The number of likely N-dealkylation sites (tertiary alicyclic amines) is 1. The van der Waals surface area contributed by atoms with Crippen LogP contribution in [0.5, 0.6) is 5.88 Å². The number of benzene rings is 1. The van der Waals surface area contributed by atoms with Crippen LogP contribution in [0.15, 0.2) is 22.1 Å². The SMILES string of the molecule is C=Nc1c(F)c(-c2c([CH]=[Nb])ccc(Cl)c2C)nc(OC)c1C(=NCCCC12CCCC1N(C1CCC(C)(CCC)CC1)CCC2)N1CCOCC(C)C1. The molecule has 53 heavy (non-hydrogen) atoms. The average Bonchev–Trinajstić information content (AvgIpc) is 3.47. The number of aliphatic imine (C=N–C) groups is 2. The second kappa shape index (κ2) is 17.9. The summed E-state index contributed by atoms with van der Waals surface area (Å²) in [5.41, 5.74) is 3.87. The van der Waals surface area contributed by atoms with Gasteiger partial charge in [0.05, 0.1) is 0 Å². The number of piperidine rings is 1. The Balaban J connectivity index is 1.30. The van der Waals surface area contributed by atoms with Crippen molar-refractivity contribution < 1.29 is 34.5 Å². The number of halogens is 2. The predicted octanol–water partition coefficient (Wildman–Crippen LogP) is 9.77. The van der Waals surface area contributed by atoms with E-state index in [1.807, 2.05) is 23.3 Å². The van der Waals surface area contributed by atoms with Crippen LogP contribution in [0, 0.1) is 29.5 Å². The number of hydrogen-bond donors (Lipinski definition) is 0. The van der Waals surface area contributed by atoms with E-state index in [9.17, 15) is 0 Å². The number of ether oxygens (including phenoxy) is 2. The van der Waals surface area contributed by atoms with Gasteiger partial charge in [-0.1, -0.05) is 26.7 Å². The molecule has 3 atom stereocenters. The molecule has 4 fully saturated rings. The van der Waals surface area contributed by atoms with E-state index in [0.29, 0.717) is 65.2 Å². The molecule has 2 aromatic rings. The molecule has 1 aromatic carbocycles. The molecule has 2 aliphatic heterocycles. The molecule has 1 aromatic heterocycles. The van der Waals surface area contributed by atoms with Gasteiger partial charge >= 0.3 is 218 Å². The number of rotatable bonds is 12. The number of amidine groups is 1. The number of aromatic nitrogens is 1. The molecule has 0 spiro atoms. The van der Waals surface area contributed by atoms with Gasteiger partial charge in [-0.15, -0.1) is 0 Å². The van der Waals surface area contributed by atoms with Crippen molar-refractivity contribution in [1.29, 1.82) is 0 Å². The quantitative estimate of drug-likeness (QED) is 0.0924. The van der Waals surface area contributed by atoms with E-state index in [1.54, 1.807) is 7.11 Å². The van der Waals surface area contributed by atoms with Crippen molar-refractivity contribution >= 4 is 34.1 Å². The summed E-state index contributed by atoms with van der Waals surface area (Å²) in [4.78, 5) is 19.7. The van der Waals surface area contributed by atoms with Crippen LogP contribution >= 0.6 is 11.6 Å². The molecular weight excluding hydrogens is 766 g/mol. The molecule has 0 bridgehead atoms. The fourth-order valence-electron chi connectivity index (χ4n) is 10.5. The van der Waals surface area contributed by atoms with Crippen molar-refractivity contribution in [2.45, 2.75) is 123 Å². The van der Waals surface area contributed by atoms with E-state index in [2.05, 4.69) is 42.3 Å². The molecular formula is C43H61ClFN5NbO2. The zero-order valence-electron chi connectivity index (χ0n) is 32.9. The zero-order valence-corrected chi connectivity index (χ0v) is 35.8. The molecule has 289 valence electrons. The third kappa shape index (κ3) is 8.58. The van der Waals surface area contributed by atoms with E-state index in [1.165, 1.54) is 104 Å². The van der Waals surface area contributed by atoms with E-state index < -0.39 is 5.82 Å². The number of pyridine rings is 1. The second-order valence-corrected chi connectivity index (χ2v) is 17.8. The van der Waals surface area contributed by atoms with Gasteiger partial charge in [-0.2, -0.15) is 0 Å². The Labute approximate surface area is 335 Å². The van der Waals surface area contributed by atoms with E-state index >= 15 is 4.39 Å². The molecule has 10 heteroatoms. The standard InChI is InChI=1S/C43H61ClFN5O2.Nb/c1-8-17-42(5)21-15-32(16-22-42)50-24-11-20-43(18-9-12-34(43)50)19-10-23-47-40(49-25-26-52-28-29(2)27-49)36-38(46-6)37(45)39(48-41(36)51-7)35-30(3)13-14-33(44)31(35)4;/h3,13-14,29,32,34H,6,8-12,15-28H2,1-2,4-5,7H3;. The zero-order chi connectivity index (χ0) is 37.8. The van der Waals surface area contributed by atoms with Crippen LogP contribution in [0.2, 0.25) is 5.02 Å². The first-order valence-corrected chi connectivity index (χ1v) is 21.9. The Morgan fingerprint density at radius 2 is 1.94 bits per heavy atom. The second-order valence-electron chi connectivity index (χ2n) is 16.8. The minimum absolute atomic E-state index is 0.106. The summed E-state index contributed by atoms with van der Waals surface area (Å²) >= 11 is 8.08. The van der Waals surface area contributed by atoms with Gasteiger partial charge in [0.2, 0.25) is 0 Å². The van der Waals surface area contributed by atoms with Crippen LogP contribution in [0.25, 0.3) is 11.3 Å². The number of hydrogen-bond acceptors (Lipinski definition) is 6. The number of nitrogens with zero attached hydrogens (tertiary/aromatic N) is 5. The molecule has 2 aliphatic carbocycles. The summed E-state index contributed by atoms with van der Waals surface area (Å²) in [7, 11) is 1.58. The van der Waals surface area contributed by atoms with Gasteiger partial charge in [0.25, 0.3) is 0 Å². The first kappa shape index (κ1) is 40.7. The molecule has 4 aliphatic rings. The van der Waals surface area contributed by atoms with Crippen molar-refractivity contribution in [1.82, 2.24) is 14.8 Å².